The third kappa shape index (κ3) is 4.35. The van der Waals surface area contributed by atoms with Crippen molar-refractivity contribution >= 4 is 11.9 Å². The molecule has 0 bridgehead atoms. The van der Waals surface area contributed by atoms with E-state index < -0.39 is 11.9 Å². The number of carboxylic acid groups (broad SMARTS) is 1. The molecule has 0 aliphatic rings. The lowest BCUT2D eigenvalue weighted by atomic mass is 10.1. The first kappa shape index (κ1) is 16.6. The monoisotopic (exact) mass is 317 g/mol. The Morgan fingerprint density at radius 2 is 1.96 bits per heavy atom. The number of hydrogen-bond donors (Lipinski definition) is 1. The zero-order chi connectivity index (χ0) is 17.0. The molecule has 0 unspecified atom stereocenters. The summed E-state index contributed by atoms with van der Waals surface area (Å²) >= 11 is 0. The average Bonchev–Trinajstić information content (AvgIpc) is 2.93. The van der Waals surface area contributed by atoms with Gasteiger partial charge in [0.05, 0.1) is 0 Å². The molecule has 23 heavy (non-hydrogen) atoms. The van der Waals surface area contributed by atoms with Gasteiger partial charge in [-0.3, -0.25) is 9.59 Å². The van der Waals surface area contributed by atoms with Crippen LogP contribution in [0.1, 0.15) is 27.4 Å². The SMILES string of the molecule is Cc1ccc(OCc2ccc(C(=O)N(C)CC(=O)O)o2)c(C)c1. The van der Waals surface area contributed by atoms with Crippen LogP contribution in [0.25, 0.3) is 0 Å². The molecule has 1 heterocycles. The number of carbonyl (C=O) groups is 2. The molecule has 1 N–H and O–H groups in total. The van der Waals surface area contributed by atoms with Gasteiger partial charge in [-0.05, 0) is 37.6 Å². The van der Waals surface area contributed by atoms with Crippen LogP contribution in [0.5, 0.6) is 5.75 Å². The lowest BCUT2D eigenvalue weighted by molar-refractivity contribution is -0.137. The molecule has 0 aliphatic carbocycles. The maximum Gasteiger partial charge on any atom is 0.323 e. The summed E-state index contributed by atoms with van der Waals surface area (Å²) in [5.41, 5.74) is 2.18. The summed E-state index contributed by atoms with van der Waals surface area (Å²) in [5, 5.41) is 8.70. The van der Waals surface area contributed by atoms with E-state index in [2.05, 4.69) is 0 Å². The second kappa shape index (κ2) is 7.00. The van der Waals surface area contributed by atoms with E-state index >= 15 is 0 Å². The van der Waals surface area contributed by atoms with Crippen LogP contribution in [0.15, 0.2) is 34.7 Å². The van der Waals surface area contributed by atoms with Crippen molar-refractivity contribution in [3.63, 3.8) is 0 Å². The molecule has 1 amide bonds. The predicted molar refractivity (Wildman–Crippen MR) is 83.6 cm³/mol. The number of aryl methyl sites for hydroxylation is 2. The number of hydrogen-bond acceptors (Lipinski definition) is 4. The molecule has 2 rings (SSSR count). The minimum atomic E-state index is -1.08. The van der Waals surface area contributed by atoms with Crippen LogP contribution in [0.4, 0.5) is 0 Å². The van der Waals surface area contributed by atoms with Crippen LogP contribution in [-0.2, 0) is 11.4 Å². The molecule has 122 valence electrons. The average molecular weight is 317 g/mol. The van der Waals surface area contributed by atoms with Gasteiger partial charge in [0.25, 0.3) is 5.91 Å². The van der Waals surface area contributed by atoms with Gasteiger partial charge < -0.3 is 19.2 Å². The number of benzene rings is 1. The number of amides is 1. The van der Waals surface area contributed by atoms with Gasteiger partial charge in [0.2, 0.25) is 0 Å². The Kier molecular flexibility index (Phi) is 5.05. The van der Waals surface area contributed by atoms with Crippen molar-refractivity contribution in [3.05, 3.63) is 53.0 Å². The Balaban J connectivity index is 1.99. The van der Waals surface area contributed by atoms with Gasteiger partial charge in [0, 0.05) is 7.05 Å². The third-order valence-electron chi connectivity index (χ3n) is 3.29. The summed E-state index contributed by atoms with van der Waals surface area (Å²) in [6.45, 7) is 3.78. The molecule has 0 atom stereocenters. The lowest BCUT2D eigenvalue weighted by Gasteiger charge is -2.12. The number of aliphatic carboxylic acids is 1. The molecule has 0 saturated carbocycles. The summed E-state index contributed by atoms with van der Waals surface area (Å²) in [5.74, 6) is -0.219. The molecule has 0 fully saturated rings. The van der Waals surface area contributed by atoms with Crippen LogP contribution in [0.2, 0.25) is 0 Å². The maximum absolute atomic E-state index is 12.0. The van der Waals surface area contributed by atoms with Gasteiger partial charge >= 0.3 is 5.97 Å². The van der Waals surface area contributed by atoms with E-state index in [1.54, 1.807) is 6.07 Å². The summed E-state index contributed by atoms with van der Waals surface area (Å²) in [6.07, 6.45) is 0. The van der Waals surface area contributed by atoms with E-state index in [9.17, 15) is 9.59 Å². The van der Waals surface area contributed by atoms with Gasteiger partial charge in [0.15, 0.2) is 5.76 Å². The topological polar surface area (TPSA) is 80.0 Å². The molecule has 6 heteroatoms. The fourth-order valence-corrected chi connectivity index (χ4v) is 2.14. The fraction of sp³-hybridized carbons (Fsp3) is 0.294. The smallest absolute Gasteiger partial charge is 0.323 e. The second-order valence-electron chi connectivity index (χ2n) is 5.38. The van der Waals surface area contributed by atoms with Crippen molar-refractivity contribution in [1.29, 1.82) is 0 Å². The highest BCUT2D eigenvalue weighted by atomic mass is 16.5. The minimum absolute atomic E-state index is 0.0907. The molecular weight excluding hydrogens is 298 g/mol. The molecule has 1 aromatic carbocycles. The predicted octanol–water partition coefficient (Wildman–Crippen LogP) is 2.63. The summed E-state index contributed by atoms with van der Waals surface area (Å²) in [4.78, 5) is 23.7. The lowest BCUT2D eigenvalue weighted by Crippen LogP contribution is -2.31. The van der Waals surface area contributed by atoms with Crippen LogP contribution in [-0.4, -0.2) is 35.5 Å². The molecule has 6 nitrogen and oxygen atoms in total. The number of ether oxygens (including phenoxy) is 1. The Morgan fingerprint density at radius 1 is 1.22 bits per heavy atom. The Hall–Kier alpha value is -2.76. The van der Waals surface area contributed by atoms with Crippen molar-refractivity contribution in [1.82, 2.24) is 4.90 Å². The first-order valence-corrected chi connectivity index (χ1v) is 7.13. The van der Waals surface area contributed by atoms with E-state index in [0.717, 1.165) is 21.8 Å². The maximum atomic E-state index is 12.0. The third-order valence-corrected chi connectivity index (χ3v) is 3.29. The highest BCUT2D eigenvalue weighted by Gasteiger charge is 2.18. The fourth-order valence-electron chi connectivity index (χ4n) is 2.14. The minimum Gasteiger partial charge on any atom is -0.485 e. The van der Waals surface area contributed by atoms with Crippen LogP contribution in [0.3, 0.4) is 0 Å². The number of rotatable bonds is 6. The highest BCUT2D eigenvalue weighted by molar-refractivity contribution is 5.93. The van der Waals surface area contributed by atoms with E-state index in [1.165, 1.54) is 13.1 Å². The largest absolute Gasteiger partial charge is 0.485 e. The summed E-state index contributed by atoms with van der Waals surface area (Å²) < 4.78 is 11.1. The highest BCUT2D eigenvalue weighted by Crippen LogP contribution is 2.20. The van der Waals surface area contributed by atoms with Crippen molar-refractivity contribution in [3.8, 4) is 5.75 Å². The molecule has 0 saturated heterocycles. The Labute approximate surface area is 134 Å². The van der Waals surface area contributed by atoms with Crippen molar-refractivity contribution in [2.24, 2.45) is 0 Å². The van der Waals surface area contributed by atoms with E-state index in [-0.39, 0.29) is 18.9 Å². The summed E-state index contributed by atoms with van der Waals surface area (Å²) in [7, 11) is 1.41. The Morgan fingerprint density at radius 3 is 2.61 bits per heavy atom. The first-order valence-electron chi connectivity index (χ1n) is 7.13. The second-order valence-corrected chi connectivity index (χ2v) is 5.38. The quantitative estimate of drug-likeness (QED) is 0.886. The standard InChI is InChI=1S/C17H19NO5/c1-11-4-6-14(12(2)8-11)22-10-13-5-7-15(23-13)17(21)18(3)9-16(19)20/h4-8H,9-10H2,1-3H3,(H,19,20). The van der Waals surface area contributed by atoms with Crippen molar-refractivity contribution < 1.29 is 23.8 Å². The molecular formula is C17H19NO5. The molecule has 0 spiro atoms. The van der Waals surface area contributed by atoms with Crippen molar-refractivity contribution in [2.45, 2.75) is 20.5 Å². The van der Waals surface area contributed by atoms with Gasteiger partial charge in [-0.15, -0.1) is 0 Å². The molecule has 2 aromatic rings. The van der Waals surface area contributed by atoms with E-state index in [1.807, 2.05) is 32.0 Å². The van der Waals surface area contributed by atoms with Crippen LogP contribution >= 0.6 is 0 Å². The first-order chi connectivity index (χ1) is 10.9. The zero-order valence-corrected chi connectivity index (χ0v) is 13.3. The number of nitrogens with zero attached hydrogens (tertiary/aromatic N) is 1. The van der Waals surface area contributed by atoms with Gasteiger partial charge in [-0.1, -0.05) is 17.7 Å². The van der Waals surface area contributed by atoms with Gasteiger partial charge in [-0.2, -0.15) is 0 Å². The number of carbonyl (C=O) groups excluding carboxylic acids is 1. The number of likely N-dealkylation sites (N-methyl/N-ethyl adjacent to an activating group) is 1. The van der Waals surface area contributed by atoms with Crippen molar-refractivity contribution in [2.75, 3.05) is 13.6 Å². The van der Waals surface area contributed by atoms with Gasteiger partial charge in [0.1, 0.15) is 24.7 Å². The van der Waals surface area contributed by atoms with E-state index in [0.29, 0.717) is 5.76 Å². The normalized spacial score (nSPS) is 10.4. The summed E-state index contributed by atoms with van der Waals surface area (Å²) in [6, 6.07) is 9.03. The van der Waals surface area contributed by atoms with Gasteiger partial charge in [-0.25, -0.2) is 0 Å². The van der Waals surface area contributed by atoms with E-state index in [4.69, 9.17) is 14.3 Å². The number of carboxylic acids is 1. The number of furan rings is 1. The zero-order valence-electron chi connectivity index (χ0n) is 13.3. The Bertz CT molecular complexity index is 720. The molecule has 0 radical (unpaired) electrons. The molecule has 0 aliphatic heterocycles. The van der Waals surface area contributed by atoms with Crippen LogP contribution in [0, 0.1) is 13.8 Å². The molecule has 1 aromatic heterocycles. The van der Waals surface area contributed by atoms with Crippen LogP contribution < -0.4 is 4.74 Å².